The van der Waals surface area contributed by atoms with Crippen LogP contribution in [0.15, 0.2) is 4.99 Å². The molecule has 0 aromatic rings. The molecule has 0 aromatic heterocycles. The fourth-order valence-electron chi connectivity index (χ4n) is 5.25. The lowest BCUT2D eigenvalue weighted by Crippen LogP contribution is -2.54. The first-order chi connectivity index (χ1) is 12.5. The van der Waals surface area contributed by atoms with E-state index in [0.717, 1.165) is 50.9 Å². The molecule has 1 spiro atoms. The van der Waals surface area contributed by atoms with Gasteiger partial charge in [-0.2, -0.15) is 0 Å². The highest BCUT2D eigenvalue weighted by atomic mass is 127. The average molecular weight is 491 g/mol. The molecule has 1 saturated carbocycles. The second-order valence-electron chi connectivity index (χ2n) is 8.84. The van der Waals surface area contributed by atoms with E-state index in [0.29, 0.717) is 12.5 Å². The topological polar surface area (TPSA) is 60.0 Å². The van der Waals surface area contributed by atoms with Gasteiger partial charge in [0.05, 0.1) is 0 Å². The molecule has 3 rings (SSSR count). The first-order valence-corrected chi connectivity index (χ1v) is 10.4. The molecule has 0 radical (unpaired) electrons. The van der Waals surface area contributed by atoms with Gasteiger partial charge in [0.1, 0.15) is 0 Å². The van der Waals surface area contributed by atoms with Gasteiger partial charge in [0.2, 0.25) is 5.91 Å². The van der Waals surface area contributed by atoms with Gasteiger partial charge in [0.15, 0.2) is 5.96 Å². The number of guanidine groups is 1. The van der Waals surface area contributed by atoms with E-state index < -0.39 is 0 Å². The van der Waals surface area contributed by atoms with Crippen LogP contribution < -0.4 is 10.6 Å². The van der Waals surface area contributed by atoms with E-state index in [-0.39, 0.29) is 35.3 Å². The molecule has 0 aromatic carbocycles. The molecule has 2 saturated heterocycles. The van der Waals surface area contributed by atoms with Crippen LogP contribution in [0, 0.1) is 11.3 Å². The highest BCUT2D eigenvalue weighted by Crippen LogP contribution is 2.36. The Kier molecular flexibility index (Phi) is 8.65. The number of amides is 1. The molecular formula is C20H38IN5O. The van der Waals surface area contributed by atoms with Gasteiger partial charge in [0.25, 0.3) is 0 Å². The monoisotopic (exact) mass is 491 g/mol. The maximum atomic E-state index is 11.7. The van der Waals surface area contributed by atoms with E-state index >= 15 is 0 Å². The Hall–Kier alpha value is -0.570. The molecular weight excluding hydrogens is 453 g/mol. The number of likely N-dealkylation sites (tertiary alicyclic amines) is 1. The predicted octanol–water partition coefficient (Wildman–Crippen LogP) is 2.29. The normalized spacial score (nSPS) is 28.2. The van der Waals surface area contributed by atoms with Crippen molar-refractivity contribution in [3.63, 3.8) is 0 Å². The number of rotatable bonds is 4. The minimum absolute atomic E-state index is 0. The summed E-state index contributed by atoms with van der Waals surface area (Å²) >= 11 is 0. The van der Waals surface area contributed by atoms with Crippen molar-refractivity contribution in [2.45, 2.75) is 57.4 Å². The quantitative estimate of drug-likeness (QED) is 0.360. The van der Waals surface area contributed by atoms with Crippen molar-refractivity contribution in [3.05, 3.63) is 0 Å². The Bertz CT molecular complexity index is 521. The number of piperidine rings is 1. The summed E-state index contributed by atoms with van der Waals surface area (Å²) in [6.07, 6.45) is 9.79. The van der Waals surface area contributed by atoms with Gasteiger partial charge in [0, 0.05) is 51.1 Å². The summed E-state index contributed by atoms with van der Waals surface area (Å²) in [6, 6.07) is 0.556. The molecule has 2 atom stereocenters. The second-order valence-corrected chi connectivity index (χ2v) is 8.84. The molecule has 2 aliphatic heterocycles. The minimum atomic E-state index is 0. The Morgan fingerprint density at radius 1 is 1.33 bits per heavy atom. The number of hydrogen-bond acceptors (Lipinski definition) is 3. The number of hydrogen-bond donors (Lipinski definition) is 2. The molecule has 2 heterocycles. The van der Waals surface area contributed by atoms with Crippen LogP contribution in [0.1, 0.15) is 51.4 Å². The zero-order chi connectivity index (χ0) is 18.6. The third-order valence-corrected chi connectivity index (χ3v) is 6.70. The van der Waals surface area contributed by atoms with Crippen LogP contribution in [-0.2, 0) is 4.79 Å². The van der Waals surface area contributed by atoms with Crippen molar-refractivity contribution in [3.8, 4) is 0 Å². The molecule has 7 heteroatoms. The van der Waals surface area contributed by atoms with E-state index in [1.807, 2.05) is 7.05 Å². The van der Waals surface area contributed by atoms with Crippen LogP contribution in [-0.4, -0.2) is 75.0 Å². The third-order valence-electron chi connectivity index (χ3n) is 6.70. The van der Waals surface area contributed by atoms with Gasteiger partial charge in [-0.25, -0.2) is 0 Å². The lowest BCUT2D eigenvalue weighted by molar-refractivity contribution is -0.119. The summed E-state index contributed by atoms with van der Waals surface area (Å²) in [6.45, 7) is 3.74. The number of nitrogens with one attached hydrogen (secondary N) is 2. The van der Waals surface area contributed by atoms with Gasteiger partial charge in [-0.15, -0.1) is 24.0 Å². The van der Waals surface area contributed by atoms with Crippen LogP contribution in [0.2, 0.25) is 0 Å². The second kappa shape index (κ2) is 10.3. The van der Waals surface area contributed by atoms with Gasteiger partial charge in [-0.1, -0.05) is 19.3 Å². The van der Waals surface area contributed by atoms with Gasteiger partial charge in [-0.3, -0.25) is 9.79 Å². The van der Waals surface area contributed by atoms with Gasteiger partial charge < -0.3 is 20.4 Å². The summed E-state index contributed by atoms with van der Waals surface area (Å²) in [5, 5.41) is 6.70. The maximum absolute atomic E-state index is 11.7. The van der Waals surface area contributed by atoms with Crippen molar-refractivity contribution in [2.24, 2.45) is 16.3 Å². The Morgan fingerprint density at radius 3 is 2.67 bits per heavy atom. The third kappa shape index (κ3) is 5.71. The molecule has 156 valence electrons. The SMILES string of the molecule is CN=C(NCC(C1CCCCC1)N(C)C)N1CCCC2(CNC(=O)C2)C1.I. The fourth-order valence-corrected chi connectivity index (χ4v) is 5.25. The van der Waals surface area contributed by atoms with Crippen molar-refractivity contribution >= 4 is 35.8 Å². The van der Waals surface area contributed by atoms with E-state index in [1.165, 1.54) is 32.1 Å². The van der Waals surface area contributed by atoms with E-state index in [2.05, 4.69) is 39.5 Å². The zero-order valence-corrected chi connectivity index (χ0v) is 19.6. The predicted molar refractivity (Wildman–Crippen MR) is 122 cm³/mol. The minimum Gasteiger partial charge on any atom is -0.355 e. The Balaban J connectivity index is 0.00000261. The van der Waals surface area contributed by atoms with Crippen LogP contribution in [0.4, 0.5) is 0 Å². The Labute approximate surface area is 181 Å². The standard InChI is InChI=1S/C20H37N5O.HI/c1-21-19(22-13-17(24(2)3)16-8-5-4-6-9-16)25-11-7-10-20(15-25)12-18(26)23-14-20;/h16-17H,4-15H2,1-3H3,(H,21,22)(H,23,26);1H. The molecule has 0 bridgehead atoms. The molecule has 2 unspecified atom stereocenters. The average Bonchev–Trinajstić information content (AvgIpc) is 2.99. The molecule has 6 nitrogen and oxygen atoms in total. The van der Waals surface area contributed by atoms with Crippen molar-refractivity contribution in [2.75, 3.05) is 47.3 Å². The van der Waals surface area contributed by atoms with Crippen LogP contribution in [0.3, 0.4) is 0 Å². The molecule has 1 aliphatic carbocycles. The maximum Gasteiger partial charge on any atom is 0.220 e. The Morgan fingerprint density at radius 2 is 2.07 bits per heavy atom. The number of aliphatic imine (C=N–C) groups is 1. The summed E-state index contributed by atoms with van der Waals surface area (Å²) in [4.78, 5) is 21.1. The van der Waals surface area contributed by atoms with Gasteiger partial charge >= 0.3 is 0 Å². The molecule has 27 heavy (non-hydrogen) atoms. The number of carbonyl (C=O) groups is 1. The van der Waals surface area contributed by atoms with Crippen LogP contribution in [0.25, 0.3) is 0 Å². The molecule has 3 fully saturated rings. The summed E-state index contributed by atoms with van der Waals surface area (Å²) in [7, 11) is 6.29. The van der Waals surface area contributed by atoms with E-state index in [1.54, 1.807) is 0 Å². The number of carbonyl (C=O) groups excluding carboxylic acids is 1. The van der Waals surface area contributed by atoms with Crippen molar-refractivity contribution < 1.29 is 4.79 Å². The van der Waals surface area contributed by atoms with Crippen LogP contribution in [0.5, 0.6) is 0 Å². The van der Waals surface area contributed by atoms with Crippen molar-refractivity contribution in [1.82, 2.24) is 20.4 Å². The molecule has 1 amide bonds. The van der Waals surface area contributed by atoms with E-state index in [9.17, 15) is 4.79 Å². The summed E-state index contributed by atoms with van der Waals surface area (Å²) in [5.41, 5.74) is 0.108. The summed E-state index contributed by atoms with van der Waals surface area (Å²) < 4.78 is 0. The molecule has 2 N–H and O–H groups in total. The number of nitrogens with zero attached hydrogens (tertiary/aromatic N) is 3. The zero-order valence-electron chi connectivity index (χ0n) is 17.3. The summed E-state index contributed by atoms with van der Waals surface area (Å²) in [5.74, 6) is 2.00. The molecule has 3 aliphatic rings. The lowest BCUT2D eigenvalue weighted by atomic mass is 9.79. The highest BCUT2D eigenvalue weighted by molar-refractivity contribution is 14.0. The smallest absolute Gasteiger partial charge is 0.220 e. The first-order valence-electron chi connectivity index (χ1n) is 10.4. The van der Waals surface area contributed by atoms with Crippen molar-refractivity contribution in [1.29, 1.82) is 0 Å². The number of halogens is 1. The largest absolute Gasteiger partial charge is 0.355 e. The first kappa shape index (κ1) is 22.7. The van der Waals surface area contributed by atoms with Gasteiger partial charge in [-0.05, 0) is 45.7 Å². The highest BCUT2D eigenvalue weighted by Gasteiger charge is 2.42. The van der Waals surface area contributed by atoms with E-state index in [4.69, 9.17) is 0 Å². The fraction of sp³-hybridized carbons (Fsp3) is 0.900. The van der Waals surface area contributed by atoms with Crippen LogP contribution >= 0.6 is 24.0 Å². The lowest BCUT2D eigenvalue weighted by Gasteiger charge is -2.41. The number of likely N-dealkylation sites (N-methyl/N-ethyl adjacent to an activating group) is 1.